The summed E-state index contributed by atoms with van der Waals surface area (Å²) in [5.41, 5.74) is 5.31. The molecule has 2 amide bonds. The average molecular weight is 296 g/mol. The number of amides is 2. The van der Waals surface area contributed by atoms with E-state index in [2.05, 4.69) is 10.6 Å². The van der Waals surface area contributed by atoms with Gasteiger partial charge in [0.15, 0.2) is 5.78 Å². The van der Waals surface area contributed by atoms with Gasteiger partial charge in [-0.05, 0) is 63.1 Å². The number of aryl methyl sites for hydroxylation is 3. The van der Waals surface area contributed by atoms with Crippen molar-refractivity contribution in [3.05, 3.63) is 58.7 Å². The monoisotopic (exact) mass is 296 g/mol. The summed E-state index contributed by atoms with van der Waals surface area (Å²) in [4.78, 5) is 23.3. The van der Waals surface area contributed by atoms with Crippen LogP contribution in [0.1, 0.15) is 34.0 Å². The maximum absolute atomic E-state index is 12.1. The number of Topliss-reactive ketones (excluding diaryl/α,β-unsaturated/α-hetero) is 1. The van der Waals surface area contributed by atoms with E-state index in [0.29, 0.717) is 11.3 Å². The minimum Gasteiger partial charge on any atom is -0.308 e. The molecule has 0 aliphatic rings. The number of carbonyl (C=O) groups is 2. The predicted molar refractivity (Wildman–Crippen MR) is 89.7 cm³/mol. The molecule has 4 heteroatoms. The van der Waals surface area contributed by atoms with Crippen LogP contribution in [0, 0.1) is 20.8 Å². The number of hydrogen-bond donors (Lipinski definition) is 2. The first kappa shape index (κ1) is 15.8. The summed E-state index contributed by atoms with van der Waals surface area (Å²) >= 11 is 0. The van der Waals surface area contributed by atoms with Crippen LogP contribution in [0.15, 0.2) is 36.4 Å². The number of ketones is 1. The molecule has 0 aliphatic carbocycles. The highest BCUT2D eigenvalue weighted by molar-refractivity contribution is 6.01. The lowest BCUT2D eigenvalue weighted by Crippen LogP contribution is -2.20. The summed E-state index contributed by atoms with van der Waals surface area (Å²) in [5, 5.41) is 5.64. The smallest absolute Gasteiger partial charge is 0.308 e. The lowest BCUT2D eigenvalue weighted by atomic mass is 10.1. The van der Waals surface area contributed by atoms with Crippen molar-refractivity contribution in [1.29, 1.82) is 0 Å². The van der Waals surface area contributed by atoms with Gasteiger partial charge in [0.25, 0.3) is 0 Å². The van der Waals surface area contributed by atoms with Crippen LogP contribution < -0.4 is 10.6 Å². The molecule has 0 spiro atoms. The Bertz CT molecular complexity index is 695. The largest absolute Gasteiger partial charge is 0.323 e. The zero-order valence-electron chi connectivity index (χ0n) is 13.3. The molecule has 2 aromatic carbocycles. The minimum atomic E-state index is -0.300. The maximum atomic E-state index is 12.1. The lowest BCUT2D eigenvalue weighted by Gasteiger charge is -2.13. The topological polar surface area (TPSA) is 58.2 Å². The van der Waals surface area contributed by atoms with Gasteiger partial charge in [-0.2, -0.15) is 0 Å². The zero-order valence-corrected chi connectivity index (χ0v) is 13.3. The van der Waals surface area contributed by atoms with E-state index >= 15 is 0 Å². The maximum Gasteiger partial charge on any atom is 0.323 e. The van der Waals surface area contributed by atoms with Crippen LogP contribution in [0.2, 0.25) is 0 Å². The predicted octanol–water partition coefficient (Wildman–Crippen LogP) is 4.46. The minimum absolute atomic E-state index is 0.00177. The van der Waals surface area contributed by atoms with Gasteiger partial charge in [0.2, 0.25) is 0 Å². The van der Waals surface area contributed by atoms with E-state index in [4.69, 9.17) is 0 Å². The molecule has 0 saturated heterocycles. The van der Waals surface area contributed by atoms with E-state index < -0.39 is 0 Å². The van der Waals surface area contributed by atoms with E-state index in [1.54, 1.807) is 24.3 Å². The van der Waals surface area contributed by atoms with Crippen molar-refractivity contribution in [2.75, 3.05) is 10.6 Å². The highest BCUT2D eigenvalue weighted by atomic mass is 16.2. The second-order valence-electron chi connectivity index (χ2n) is 5.49. The molecule has 0 aliphatic heterocycles. The molecule has 0 bridgehead atoms. The number of anilines is 2. The molecule has 4 nitrogen and oxygen atoms in total. The van der Waals surface area contributed by atoms with Gasteiger partial charge in [-0.1, -0.05) is 17.7 Å². The molecule has 0 saturated carbocycles. The molecule has 2 rings (SSSR count). The Morgan fingerprint density at radius 3 is 1.91 bits per heavy atom. The van der Waals surface area contributed by atoms with Crippen molar-refractivity contribution in [2.24, 2.45) is 0 Å². The molecule has 0 atom stereocenters. The fourth-order valence-corrected chi connectivity index (χ4v) is 2.44. The lowest BCUT2D eigenvalue weighted by molar-refractivity contribution is 0.101. The average Bonchev–Trinajstić information content (AvgIpc) is 2.43. The first-order valence-corrected chi connectivity index (χ1v) is 7.13. The van der Waals surface area contributed by atoms with Crippen LogP contribution in [-0.4, -0.2) is 11.8 Å². The second-order valence-corrected chi connectivity index (χ2v) is 5.49. The zero-order chi connectivity index (χ0) is 16.3. The van der Waals surface area contributed by atoms with E-state index in [1.807, 2.05) is 32.9 Å². The second kappa shape index (κ2) is 6.43. The van der Waals surface area contributed by atoms with Crippen molar-refractivity contribution in [2.45, 2.75) is 27.7 Å². The Labute approximate surface area is 130 Å². The summed E-state index contributed by atoms with van der Waals surface area (Å²) < 4.78 is 0. The van der Waals surface area contributed by atoms with Crippen molar-refractivity contribution in [1.82, 2.24) is 0 Å². The molecule has 0 fully saturated rings. The number of benzene rings is 2. The Balaban J connectivity index is 2.09. The van der Waals surface area contributed by atoms with Crippen LogP contribution >= 0.6 is 0 Å². The molecule has 0 unspecified atom stereocenters. The van der Waals surface area contributed by atoms with Gasteiger partial charge in [-0.3, -0.25) is 4.79 Å². The van der Waals surface area contributed by atoms with Crippen LogP contribution in [0.25, 0.3) is 0 Å². The molecule has 114 valence electrons. The highest BCUT2D eigenvalue weighted by Crippen LogP contribution is 2.22. The van der Waals surface area contributed by atoms with Crippen LogP contribution in [0.5, 0.6) is 0 Å². The summed E-state index contributed by atoms with van der Waals surface area (Å²) in [6, 6.07) is 10.6. The normalized spacial score (nSPS) is 10.2. The summed E-state index contributed by atoms with van der Waals surface area (Å²) in [6.45, 7) is 7.48. The number of carbonyl (C=O) groups excluding carboxylic acids is 2. The van der Waals surface area contributed by atoms with Crippen LogP contribution in [0.4, 0.5) is 16.2 Å². The molecule has 2 N–H and O–H groups in total. The molecular formula is C18H20N2O2. The van der Waals surface area contributed by atoms with Gasteiger partial charge < -0.3 is 10.6 Å². The van der Waals surface area contributed by atoms with E-state index in [-0.39, 0.29) is 11.8 Å². The Morgan fingerprint density at radius 2 is 1.41 bits per heavy atom. The Morgan fingerprint density at radius 1 is 0.864 bits per heavy atom. The third kappa shape index (κ3) is 3.73. The SMILES string of the molecule is CC(=O)c1ccc(NC(=O)Nc2c(C)cc(C)cc2C)cc1. The van der Waals surface area contributed by atoms with Crippen LogP contribution in [-0.2, 0) is 0 Å². The number of nitrogens with one attached hydrogen (secondary N) is 2. The van der Waals surface area contributed by atoms with Gasteiger partial charge in [0.05, 0.1) is 0 Å². The van der Waals surface area contributed by atoms with E-state index in [9.17, 15) is 9.59 Å². The number of rotatable bonds is 3. The van der Waals surface area contributed by atoms with Crippen molar-refractivity contribution < 1.29 is 9.59 Å². The molecule has 0 radical (unpaired) electrons. The number of hydrogen-bond acceptors (Lipinski definition) is 2. The van der Waals surface area contributed by atoms with Gasteiger partial charge in [0, 0.05) is 16.9 Å². The van der Waals surface area contributed by atoms with Crippen molar-refractivity contribution in [3.63, 3.8) is 0 Å². The van der Waals surface area contributed by atoms with Gasteiger partial charge >= 0.3 is 6.03 Å². The van der Waals surface area contributed by atoms with Gasteiger partial charge in [-0.15, -0.1) is 0 Å². The molecule has 2 aromatic rings. The van der Waals surface area contributed by atoms with E-state index in [1.165, 1.54) is 12.5 Å². The molecule has 0 aromatic heterocycles. The van der Waals surface area contributed by atoms with Crippen molar-refractivity contribution in [3.8, 4) is 0 Å². The van der Waals surface area contributed by atoms with E-state index in [0.717, 1.165) is 16.8 Å². The third-order valence-electron chi connectivity index (χ3n) is 3.46. The number of urea groups is 1. The quantitative estimate of drug-likeness (QED) is 0.822. The summed E-state index contributed by atoms with van der Waals surface area (Å²) in [7, 11) is 0. The Kier molecular flexibility index (Phi) is 4.61. The summed E-state index contributed by atoms with van der Waals surface area (Å²) in [6.07, 6.45) is 0. The Hall–Kier alpha value is -2.62. The van der Waals surface area contributed by atoms with Crippen LogP contribution in [0.3, 0.4) is 0 Å². The first-order chi connectivity index (χ1) is 10.4. The summed E-state index contributed by atoms with van der Waals surface area (Å²) in [5.74, 6) is 0.00177. The molecular weight excluding hydrogens is 276 g/mol. The van der Waals surface area contributed by atoms with Gasteiger partial charge in [0.1, 0.15) is 0 Å². The first-order valence-electron chi connectivity index (χ1n) is 7.13. The van der Waals surface area contributed by atoms with Gasteiger partial charge in [-0.25, -0.2) is 4.79 Å². The standard InChI is InChI=1S/C18H20N2O2/c1-11-9-12(2)17(13(3)10-11)20-18(22)19-16-7-5-15(6-8-16)14(4)21/h5-10H,1-4H3,(H2,19,20,22). The third-order valence-corrected chi connectivity index (χ3v) is 3.46. The molecule has 0 heterocycles. The molecule has 22 heavy (non-hydrogen) atoms. The fraction of sp³-hybridized carbons (Fsp3) is 0.222. The highest BCUT2D eigenvalue weighted by Gasteiger charge is 2.08. The fourth-order valence-electron chi connectivity index (χ4n) is 2.44. The van der Waals surface area contributed by atoms with Crippen molar-refractivity contribution >= 4 is 23.2 Å².